The smallest absolute Gasteiger partial charge is 0.309 e. The van der Waals surface area contributed by atoms with Gasteiger partial charge in [-0.2, -0.15) is 0 Å². The summed E-state index contributed by atoms with van der Waals surface area (Å²) in [6, 6.07) is 0. The summed E-state index contributed by atoms with van der Waals surface area (Å²) in [6.07, 6.45) is 21.0. The molecule has 8 nitrogen and oxygen atoms in total. The van der Waals surface area contributed by atoms with E-state index < -0.39 is 29.7 Å². The number of unbranched alkanes of at least 4 members (excludes halogenated alkanes) is 4. The summed E-state index contributed by atoms with van der Waals surface area (Å²) in [5, 5.41) is 58.0. The molecule has 2 saturated carbocycles. The second-order valence-corrected chi connectivity index (χ2v) is 14.6. The molecule has 0 saturated heterocycles. The molecule has 1 heterocycles. The molecule has 0 aromatic heterocycles. The number of allylic oxidation sites excluding steroid dienone is 3. The minimum atomic E-state index is -1.34. The number of rotatable bonds is 17. The Hall–Kier alpha value is -1.87. The maximum atomic E-state index is 12.1. The Morgan fingerprint density at radius 3 is 2.50 bits per heavy atom. The average Bonchev–Trinajstić information content (AvgIpc) is 3.55. The predicted molar refractivity (Wildman–Crippen MR) is 173 cm³/mol. The molecule has 2 fully saturated rings. The molecule has 0 radical (unpaired) electrons. The van der Waals surface area contributed by atoms with Crippen LogP contribution in [-0.2, 0) is 4.79 Å². The highest BCUT2D eigenvalue weighted by atomic mass is 16.4. The molecular weight excluding hydrogens is 556 g/mol. The van der Waals surface area contributed by atoms with Crippen LogP contribution in [0.15, 0.2) is 35.7 Å². The number of aliphatic carboxylic acids is 1. The predicted octanol–water partition coefficient (Wildman–Crippen LogP) is 5.30. The molecule has 3 aliphatic carbocycles. The molecule has 0 bridgehead atoms. The quantitative estimate of drug-likeness (QED) is 0.0857. The highest BCUT2D eigenvalue weighted by Crippen LogP contribution is 2.60. The molecule has 250 valence electrons. The van der Waals surface area contributed by atoms with Gasteiger partial charge in [0.15, 0.2) is 0 Å². The Labute approximate surface area is 264 Å². The Balaban J connectivity index is 1.24. The van der Waals surface area contributed by atoms with E-state index in [-0.39, 0.29) is 36.2 Å². The summed E-state index contributed by atoms with van der Waals surface area (Å²) in [6.45, 7) is 2.88. The molecule has 4 rings (SSSR count). The fourth-order valence-electron chi connectivity index (χ4n) is 8.92. The van der Waals surface area contributed by atoms with Gasteiger partial charge in [-0.05, 0) is 87.7 Å². The SMILES string of the molecule is CCCCCC1C=CC(CCCCCC(C(=O)O)C(O)CCC2(O)CC(CC3=CCNC(N)=C3)C3(CCCC3)C2O)C(O)C1. The van der Waals surface area contributed by atoms with Crippen LogP contribution in [0.5, 0.6) is 0 Å². The molecule has 44 heavy (non-hydrogen) atoms. The Morgan fingerprint density at radius 1 is 1.07 bits per heavy atom. The Bertz CT molecular complexity index is 1020. The van der Waals surface area contributed by atoms with Crippen LogP contribution in [0.4, 0.5) is 0 Å². The van der Waals surface area contributed by atoms with E-state index >= 15 is 0 Å². The number of hydrogen-bond acceptors (Lipinski definition) is 7. The highest BCUT2D eigenvalue weighted by molar-refractivity contribution is 5.70. The van der Waals surface area contributed by atoms with Crippen molar-refractivity contribution >= 4 is 5.97 Å². The summed E-state index contributed by atoms with van der Waals surface area (Å²) in [4.78, 5) is 12.1. The molecule has 0 aromatic carbocycles. The topological polar surface area (TPSA) is 156 Å². The molecule has 8 unspecified atom stereocenters. The lowest BCUT2D eigenvalue weighted by Crippen LogP contribution is -2.45. The van der Waals surface area contributed by atoms with E-state index in [0.29, 0.717) is 37.5 Å². The van der Waals surface area contributed by atoms with Gasteiger partial charge in [0.1, 0.15) is 0 Å². The molecule has 1 aliphatic heterocycles. The van der Waals surface area contributed by atoms with Gasteiger partial charge in [0.2, 0.25) is 0 Å². The summed E-state index contributed by atoms with van der Waals surface area (Å²) >= 11 is 0. The number of nitrogens with two attached hydrogens (primary N) is 1. The van der Waals surface area contributed by atoms with E-state index in [9.17, 15) is 30.3 Å². The van der Waals surface area contributed by atoms with Crippen molar-refractivity contribution in [3.8, 4) is 0 Å². The summed E-state index contributed by atoms with van der Waals surface area (Å²) in [5.74, 6) is -0.520. The molecule has 8 atom stereocenters. The molecule has 8 N–H and O–H groups in total. The number of aliphatic hydroxyl groups excluding tert-OH is 3. The molecule has 8 heteroatoms. The van der Waals surface area contributed by atoms with Gasteiger partial charge in [0.05, 0.1) is 35.7 Å². The van der Waals surface area contributed by atoms with E-state index in [4.69, 9.17) is 5.73 Å². The van der Waals surface area contributed by atoms with E-state index in [2.05, 4.69) is 30.5 Å². The van der Waals surface area contributed by atoms with Gasteiger partial charge < -0.3 is 36.6 Å². The molecule has 0 amide bonds. The Morgan fingerprint density at radius 2 is 1.82 bits per heavy atom. The van der Waals surface area contributed by atoms with Crippen LogP contribution in [0.2, 0.25) is 0 Å². The molecule has 0 aromatic rings. The normalized spacial score (nSPS) is 32.7. The monoisotopic (exact) mass is 616 g/mol. The zero-order chi connectivity index (χ0) is 31.7. The van der Waals surface area contributed by atoms with Crippen molar-refractivity contribution in [3.63, 3.8) is 0 Å². The van der Waals surface area contributed by atoms with Crippen molar-refractivity contribution in [2.24, 2.45) is 34.8 Å². The minimum absolute atomic E-state index is 0.107. The van der Waals surface area contributed by atoms with Crippen LogP contribution in [0.25, 0.3) is 0 Å². The first-order chi connectivity index (χ1) is 21.1. The van der Waals surface area contributed by atoms with E-state index in [0.717, 1.165) is 69.8 Å². The second-order valence-electron chi connectivity index (χ2n) is 14.6. The molecule has 1 spiro atoms. The van der Waals surface area contributed by atoms with Crippen LogP contribution in [0, 0.1) is 29.1 Å². The number of hydrogen-bond donors (Lipinski definition) is 7. The molecular formula is C36H60N2O6. The molecule has 4 aliphatic rings. The summed E-state index contributed by atoms with van der Waals surface area (Å²) < 4.78 is 0. The third-order valence-corrected chi connectivity index (χ3v) is 11.5. The van der Waals surface area contributed by atoms with Gasteiger partial charge >= 0.3 is 5.97 Å². The van der Waals surface area contributed by atoms with Crippen molar-refractivity contribution in [2.45, 2.75) is 146 Å². The van der Waals surface area contributed by atoms with Gasteiger partial charge in [0, 0.05) is 17.9 Å². The highest BCUT2D eigenvalue weighted by Gasteiger charge is 2.61. The number of dihydropyridines is 1. The number of carboxylic acid groups (broad SMARTS) is 1. The van der Waals surface area contributed by atoms with Crippen LogP contribution >= 0.6 is 0 Å². The summed E-state index contributed by atoms with van der Waals surface area (Å²) in [7, 11) is 0. The zero-order valence-electron chi connectivity index (χ0n) is 27.0. The van der Waals surface area contributed by atoms with Crippen molar-refractivity contribution in [3.05, 3.63) is 35.7 Å². The Kier molecular flexibility index (Phi) is 12.8. The first-order valence-electron chi connectivity index (χ1n) is 17.7. The van der Waals surface area contributed by atoms with Gasteiger partial charge in [0.25, 0.3) is 0 Å². The first kappa shape index (κ1) is 35.0. The first-order valence-corrected chi connectivity index (χ1v) is 17.7. The van der Waals surface area contributed by atoms with E-state index in [1.54, 1.807) is 0 Å². The van der Waals surface area contributed by atoms with Crippen molar-refractivity contribution in [1.82, 2.24) is 5.32 Å². The van der Waals surface area contributed by atoms with Crippen molar-refractivity contribution < 1.29 is 30.3 Å². The largest absolute Gasteiger partial charge is 0.481 e. The fraction of sp³-hybridized carbons (Fsp3) is 0.806. The fourth-order valence-corrected chi connectivity index (χ4v) is 8.92. The van der Waals surface area contributed by atoms with Crippen LogP contribution < -0.4 is 11.1 Å². The maximum Gasteiger partial charge on any atom is 0.309 e. The van der Waals surface area contributed by atoms with Crippen LogP contribution in [-0.4, -0.2) is 62.0 Å². The average molecular weight is 617 g/mol. The van der Waals surface area contributed by atoms with Gasteiger partial charge in [-0.15, -0.1) is 0 Å². The van der Waals surface area contributed by atoms with Crippen molar-refractivity contribution in [1.29, 1.82) is 0 Å². The zero-order valence-corrected chi connectivity index (χ0v) is 27.0. The van der Waals surface area contributed by atoms with E-state index in [1.165, 1.54) is 19.3 Å². The number of aliphatic hydroxyl groups is 4. The number of carboxylic acids is 1. The van der Waals surface area contributed by atoms with Crippen molar-refractivity contribution in [2.75, 3.05) is 6.54 Å². The minimum Gasteiger partial charge on any atom is -0.481 e. The third kappa shape index (κ3) is 8.68. The standard InChI is InChI=1S/C36H60N2O6/c1-2-3-5-10-25-13-14-27(31(40)22-25)11-6-4-7-12-29(33(41)42)30(39)15-19-36(44)24-28(21-26-16-20-38-32(37)23-26)35(34(36)43)17-8-9-18-35/h13-14,16,23,25,27-31,34,38-40,43-44H,2-12,15,17-22,24,37H2,1H3,(H,41,42). The van der Waals surface area contributed by atoms with Gasteiger partial charge in [-0.3, -0.25) is 4.79 Å². The number of nitrogens with one attached hydrogen (secondary N) is 1. The lowest BCUT2D eigenvalue weighted by atomic mass is 9.71. The maximum absolute atomic E-state index is 12.1. The van der Waals surface area contributed by atoms with Crippen LogP contribution in [0.1, 0.15) is 122 Å². The lowest BCUT2D eigenvalue weighted by molar-refractivity contribution is -0.147. The third-order valence-electron chi connectivity index (χ3n) is 11.5. The summed E-state index contributed by atoms with van der Waals surface area (Å²) in [5.41, 5.74) is 5.43. The van der Waals surface area contributed by atoms with Gasteiger partial charge in [-0.25, -0.2) is 0 Å². The number of carbonyl (C=O) groups is 1. The lowest BCUT2D eigenvalue weighted by Gasteiger charge is -2.37. The second kappa shape index (κ2) is 16.1. The van der Waals surface area contributed by atoms with Crippen LogP contribution in [0.3, 0.4) is 0 Å². The van der Waals surface area contributed by atoms with Gasteiger partial charge in [-0.1, -0.05) is 76.5 Å². The van der Waals surface area contributed by atoms with E-state index in [1.807, 2.05) is 6.08 Å².